The minimum atomic E-state index is -1.02. The fourth-order valence-electron chi connectivity index (χ4n) is 1.50. The van der Waals surface area contributed by atoms with Crippen molar-refractivity contribution < 1.29 is 18.7 Å². The van der Waals surface area contributed by atoms with E-state index in [1.54, 1.807) is 12.1 Å². The van der Waals surface area contributed by atoms with Crippen molar-refractivity contribution >= 4 is 22.9 Å². The summed E-state index contributed by atoms with van der Waals surface area (Å²) in [4.78, 5) is 13.1. The van der Waals surface area contributed by atoms with Gasteiger partial charge in [-0.15, -0.1) is 11.3 Å². The highest BCUT2D eigenvalue weighted by molar-refractivity contribution is 7.14. The van der Waals surface area contributed by atoms with Gasteiger partial charge in [-0.3, -0.25) is 4.79 Å². The highest BCUT2D eigenvalue weighted by Gasteiger charge is 2.10. The molecule has 0 bridgehead atoms. The van der Waals surface area contributed by atoms with Gasteiger partial charge in [0.15, 0.2) is 11.6 Å². The molecule has 1 aromatic carbocycles. The van der Waals surface area contributed by atoms with Crippen molar-refractivity contribution in [2.75, 3.05) is 11.9 Å². The Balaban J connectivity index is 2.07. The Morgan fingerprint density at radius 3 is 2.76 bits per heavy atom. The van der Waals surface area contributed by atoms with Gasteiger partial charge in [-0.1, -0.05) is 11.8 Å². The molecule has 1 aromatic heterocycles. The van der Waals surface area contributed by atoms with Gasteiger partial charge in [0.05, 0.1) is 16.4 Å². The summed E-state index contributed by atoms with van der Waals surface area (Å²) in [5.41, 5.74) is 0.181. The SMILES string of the molecule is O=C(Nc1ccc(F)c(F)c1)c1ccc(C#CCCO)s1. The second-order valence-electron chi connectivity index (χ2n) is 4.02. The third kappa shape index (κ3) is 4.12. The summed E-state index contributed by atoms with van der Waals surface area (Å²) >= 11 is 1.18. The summed E-state index contributed by atoms with van der Waals surface area (Å²) in [5, 5.41) is 11.1. The first-order valence-corrected chi connectivity index (χ1v) is 6.88. The van der Waals surface area contributed by atoms with E-state index in [0.29, 0.717) is 16.2 Å². The molecule has 2 aromatic rings. The summed E-state index contributed by atoms with van der Waals surface area (Å²) in [6.45, 7) is -0.0121. The van der Waals surface area contributed by atoms with E-state index in [2.05, 4.69) is 17.2 Å². The van der Waals surface area contributed by atoms with Crippen LogP contribution in [0.5, 0.6) is 0 Å². The molecule has 0 aliphatic rings. The molecule has 0 radical (unpaired) electrons. The number of hydrogen-bond donors (Lipinski definition) is 2. The number of rotatable bonds is 3. The lowest BCUT2D eigenvalue weighted by atomic mass is 10.3. The number of aliphatic hydroxyl groups excluding tert-OH is 1. The van der Waals surface area contributed by atoms with Crippen LogP contribution >= 0.6 is 11.3 Å². The number of amides is 1. The van der Waals surface area contributed by atoms with Crippen molar-refractivity contribution in [3.8, 4) is 11.8 Å². The molecule has 0 saturated carbocycles. The maximum absolute atomic E-state index is 13.0. The van der Waals surface area contributed by atoms with Crippen molar-refractivity contribution in [1.82, 2.24) is 0 Å². The lowest BCUT2D eigenvalue weighted by Gasteiger charge is -2.03. The first-order chi connectivity index (χ1) is 10.1. The van der Waals surface area contributed by atoms with E-state index in [1.807, 2.05) is 0 Å². The minimum absolute atomic E-state index is 0.0121. The van der Waals surface area contributed by atoms with Gasteiger partial charge in [0, 0.05) is 18.2 Å². The minimum Gasteiger partial charge on any atom is -0.395 e. The van der Waals surface area contributed by atoms with E-state index in [0.717, 1.165) is 12.1 Å². The Kier molecular flexibility index (Phi) is 5.04. The Hall–Kier alpha value is -2.23. The largest absolute Gasteiger partial charge is 0.395 e. The average Bonchev–Trinajstić information content (AvgIpc) is 2.92. The van der Waals surface area contributed by atoms with E-state index in [4.69, 9.17) is 5.11 Å². The quantitative estimate of drug-likeness (QED) is 0.856. The van der Waals surface area contributed by atoms with Crippen molar-refractivity contribution in [1.29, 1.82) is 0 Å². The predicted octanol–water partition coefficient (Wildman–Crippen LogP) is 3.01. The second-order valence-corrected chi connectivity index (χ2v) is 5.11. The number of carbonyl (C=O) groups excluding carboxylic acids is 1. The molecule has 1 heterocycles. The fraction of sp³-hybridized carbons (Fsp3) is 0.133. The Bertz CT molecular complexity index is 716. The van der Waals surface area contributed by atoms with Crippen molar-refractivity contribution in [2.45, 2.75) is 6.42 Å². The first kappa shape index (κ1) is 15.2. The van der Waals surface area contributed by atoms with Crippen LogP contribution in [0.25, 0.3) is 0 Å². The molecule has 21 heavy (non-hydrogen) atoms. The van der Waals surface area contributed by atoms with Crippen molar-refractivity contribution in [2.24, 2.45) is 0 Å². The first-order valence-electron chi connectivity index (χ1n) is 6.06. The number of hydrogen-bond acceptors (Lipinski definition) is 3. The smallest absolute Gasteiger partial charge is 0.265 e. The average molecular weight is 307 g/mol. The zero-order valence-electron chi connectivity index (χ0n) is 10.8. The van der Waals surface area contributed by atoms with Crippen LogP contribution in [0.3, 0.4) is 0 Å². The molecule has 0 spiro atoms. The standard InChI is InChI=1S/C15H11F2NO2S/c16-12-6-4-10(9-13(12)17)18-15(20)14-7-5-11(21-14)3-1-2-8-19/h4-7,9,19H,2,8H2,(H,18,20). The van der Waals surface area contributed by atoms with Gasteiger partial charge in [-0.2, -0.15) is 0 Å². The Morgan fingerprint density at radius 1 is 1.24 bits per heavy atom. The normalized spacial score (nSPS) is 9.86. The molecule has 3 nitrogen and oxygen atoms in total. The molecule has 108 valence electrons. The van der Waals surface area contributed by atoms with Crippen LogP contribution in [0.1, 0.15) is 21.0 Å². The summed E-state index contributed by atoms with van der Waals surface area (Å²) in [6.07, 6.45) is 0.369. The number of thiophene rings is 1. The van der Waals surface area contributed by atoms with Gasteiger partial charge in [0.1, 0.15) is 0 Å². The molecular weight excluding hydrogens is 296 g/mol. The number of anilines is 1. The van der Waals surface area contributed by atoms with Crippen molar-refractivity contribution in [3.05, 3.63) is 51.7 Å². The second kappa shape index (κ2) is 6.97. The van der Waals surface area contributed by atoms with Crippen LogP contribution in [-0.4, -0.2) is 17.6 Å². The summed E-state index contributed by atoms with van der Waals surface area (Å²) in [6, 6.07) is 6.44. The van der Waals surface area contributed by atoms with E-state index in [9.17, 15) is 13.6 Å². The molecule has 2 rings (SSSR count). The number of halogens is 2. The predicted molar refractivity (Wildman–Crippen MR) is 77.2 cm³/mol. The van der Waals surface area contributed by atoms with Crippen LogP contribution in [-0.2, 0) is 0 Å². The molecular formula is C15H11F2NO2S. The molecule has 6 heteroatoms. The van der Waals surface area contributed by atoms with Crippen LogP contribution in [0.2, 0.25) is 0 Å². The molecule has 0 aliphatic carbocycles. The summed E-state index contributed by atoms with van der Waals surface area (Å²) in [5.74, 6) is 3.17. The zero-order valence-corrected chi connectivity index (χ0v) is 11.6. The van der Waals surface area contributed by atoms with E-state index in [-0.39, 0.29) is 12.3 Å². The van der Waals surface area contributed by atoms with E-state index in [1.165, 1.54) is 17.4 Å². The highest BCUT2D eigenvalue weighted by atomic mass is 32.1. The maximum Gasteiger partial charge on any atom is 0.265 e. The van der Waals surface area contributed by atoms with Gasteiger partial charge in [0.25, 0.3) is 5.91 Å². The molecule has 0 aliphatic heterocycles. The number of carbonyl (C=O) groups is 1. The van der Waals surface area contributed by atoms with Gasteiger partial charge in [-0.25, -0.2) is 8.78 Å². The Morgan fingerprint density at radius 2 is 2.05 bits per heavy atom. The lowest BCUT2D eigenvalue weighted by molar-refractivity contribution is 0.103. The fourth-order valence-corrected chi connectivity index (χ4v) is 2.28. The van der Waals surface area contributed by atoms with Crippen LogP contribution in [0, 0.1) is 23.5 Å². The monoisotopic (exact) mass is 307 g/mol. The number of nitrogens with one attached hydrogen (secondary N) is 1. The topological polar surface area (TPSA) is 49.3 Å². The van der Waals surface area contributed by atoms with Gasteiger partial charge in [-0.05, 0) is 24.3 Å². The van der Waals surface area contributed by atoms with Crippen LogP contribution < -0.4 is 5.32 Å². The van der Waals surface area contributed by atoms with Crippen LogP contribution in [0.15, 0.2) is 30.3 Å². The zero-order chi connectivity index (χ0) is 15.2. The van der Waals surface area contributed by atoms with Gasteiger partial charge >= 0.3 is 0 Å². The molecule has 0 fully saturated rings. The lowest BCUT2D eigenvalue weighted by Crippen LogP contribution is -2.10. The van der Waals surface area contributed by atoms with Gasteiger partial charge in [0.2, 0.25) is 0 Å². The molecule has 0 atom stereocenters. The molecule has 1 amide bonds. The van der Waals surface area contributed by atoms with Crippen LogP contribution in [0.4, 0.5) is 14.5 Å². The summed E-state index contributed by atoms with van der Waals surface area (Å²) in [7, 11) is 0. The molecule has 0 unspecified atom stereocenters. The van der Waals surface area contributed by atoms with E-state index < -0.39 is 17.5 Å². The summed E-state index contributed by atoms with van der Waals surface area (Å²) < 4.78 is 25.8. The third-order valence-corrected chi connectivity index (χ3v) is 3.46. The van der Waals surface area contributed by atoms with Crippen molar-refractivity contribution in [3.63, 3.8) is 0 Å². The highest BCUT2D eigenvalue weighted by Crippen LogP contribution is 2.19. The number of benzene rings is 1. The third-order valence-electron chi connectivity index (χ3n) is 2.46. The Labute approximate surface area is 124 Å². The molecule has 2 N–H and O–H groups in total. The van der Waals surface area contributed by atoms with Gasteiger partial charge < -0.3 is 10.4 Å². The maximum atomic E-state index is 13.0. The van der Waals surface area contributed by atoms with E-state index >= 15 is 0 Å². The number of aliphatic hydroxyl groups is 1. The molecule has 0 saturated heterocycles.